The maximum absolute atomic E-state index is 11.7. The summed E-state index contributed by atoms with van der Waals surface area (Å²) in [5, 5.41) is 3.15. The Labute approximate surface area is 97.8 Å². The van der Waals surface area contributed by atoms with Gasteiger partial charge in [0.2, 0.25) is 5.91 Å². The number of carbonyl (C=O) groups excluding carboxylic acids is 1. The molecule has 0 spiro atoms. The average Bonchev–Trinajstić information content (AvgIpc) is 2.27. The van der Waals surface area contributed by atoms with E-state index in [1.165, 1.54) is 19.3 Å². The fourth-order valence-electron chi connectivity index (χ4n) is 2.22. The van der Waals surface area contributed by atoms with Gasteiger partial charge in [0.25, 0.3) is 0 Å². The zero-order valence-corrected chi connectivity index (χ0v) is 10.4. The minimum absolute atomic E-state index is 0.0926. The van der Waals surface area contributed by atoms with Crippen LogP contribution in [0.3, 0.4) is 0 Å². The molecule has 0 aromatic rings. The third kappa shape index (κ3) is 4.02. The van der Waals surface area contributed by atoms with Crippen molar-refractivity contribution in [3.63, 3.8) is 0 Å². The summed E-state index contributed by atoms with van der Waals surface area (Å²) in [5.74, 6) is 0.740. The Hall–Kier alpha value is -0.240. The van der Waals surface area contributed by atoms with E-state index in [0.29, 0.717) is 12.3 Å². The highest BCUT2D eigenvalue weighted by molar-refractivity contribution is 6.18. The van der Waals surface area contributed by atoms with Crippen molar-refractivity contribution in [2.75, 3.05) is 5.88 Å². The van der Waals surface area contributed by atoms with Crippen molar-refractivity contribution < 1.29 is 4.79 Å². The Morgan fingerprint density at radius 1 is 1.33 bits per heavy atom. The average molecular weight is 232 g/mol. The zero-order chi connectivity index (χ0) is 11.1. The van der Waals surface area contributed by atoms with Crippen LogP contribution in [0.4, 0.5) is 0 Å². The predicted octanol–water partition coefficient (Wildman–Crippen LogP) is 3.23. The molecule has 1 saturated carbocycles. The number of amides is 1. The van der Waals surface area contributed by atoms with Gasteiger partial charge in [0, 0.05) is 12.3 Å². The summed E-state index contributed by atoms with van der Waals surface area (Å²) in [7, 11) is 0. The maximum Gasteiger partial charge on any atom is 0.220 e. The van der Waals surface area contributed by atoms with Crippen LogP contribution in [0.15, 0.2) is 0 Å². The van der Waals surface area contributed by atoms with Gasteiger partial charge in [0.05, 0.1) is 5.54 Å². The van der Waals surface area contributed by atoms with E-state index in [4.69, 9.17) is 11.6 Å². The summed E-state index contributed by atoms with van der Waals surface area (Å²) < 4.78 is 0. The molecule has 0 saturated heterocycles. The van der Waals surface area contributed by atoms with Crippen molar-refractivity contribution in [2.45, 2.75) is 63.8 Å². The minimum atomic E-state index is -0.0926. The Bertz CT molecular complexity index is 200. The molecule has 0 bridgehead atoms. The third-order valence-electron chi connectivity index (χ3n) is 3.23. The molecule has 1 aliphatic carbocycles. The summed E-state index contributed by atoms with van der Waals surface area (Å²) in [6.07, 6.45) is 8.47. The second-order valence-corrected chi connectivity index (χ2v) is 4.89. The fourth-order valence-corrected chi connectivity index (χ4v) is 2.55. The highest BCUT2D eigenvalue weighted by atomic mass is 35.5. The van der Waals surface area contributed by atoms with E-state index in [9.17, 15) is 4.79 Å². The fraction of sp³-hybridized carbons (Fsp3) is 0.917. The summed E-state index contributed by atoms with van der Waals surface area (Å²) in [6, 6.07) is 0. The summed E-state index contributed by atoms with van der Waals surface area (Å²) >= 11 is 6.00. The van der Waals surface area contributed by atoms with Crippen LogP contribution >= 0.6 is 11.6 Å². The molecule has 0 aromatic carbocycles. The first kappa shape index (κ1) is 12.8. The quantitative estimate of drug-likeness (QED) is 0.724. The van der Waals surface area contributed by atoms with Crippen molar-refractivity contribution in [3.05, 3.63) is 0 Å². The molecule has 3 heteroatoms. The number of rotatable bonds is 5. The lowest BCUT2D eigenvalue weighted by molar-refractivity contribution is -0.123. The Morgan fingerprint density at radius 2 is 2.00 bits per heavy atom. The highest BCUT2D eigenvalue weighted by Gasteiger charge is 2.32. The minimum Gasteiger partial charge on any atom is -0.349 e. The Morgan fingerprint density at radius 3 is 2.53 bits per heavy atom. The number of carbonyl (C=O) groups is 1. The van der Waals surface area contributed by atoms with Crippen LogP contribution in [0.5, 0.6) is 0 Å². The molecule has 2 nitrogen and oxygen atoms in total. The predicted molar refractivity (Wildman–Crippen MR) is 64.2 cm³/mol. The number of nitrogens with one attached hydrogen (secondary N) is 1. The number of unbranched alkanes of at least 4 members (excludes halogenated alkanes) is 1. The number of alkyl halides is 1. The first-order valence-electron chi connectivity index (χ1n) is 6.09. The van der Waals surface area contributed by atoms with Gasteiger partial charge >= 0.3 is 0 Å². The zero-order valence-electron chi connectivity index (χ0n) is 9.65. The van der Waals surface area contributed by atoms with E-state index in [1.807, 2.05) is 0 Å². The van der Waals surface area contributed by atoms with Crippen molar-refractivity contribution in [1.29, 1.82) is 0 Å². The standard InChI is InChI=1S/C12H22ClNO/c1-2-3-7-11(15)14-12(10-13)8-5-4-6-9-12/h2-10H2,1H3,(H,14,15). The topological polar surface area (TPSA) is 29.1 Å². The first-order valence-corrected chi connectivity index (χ1v) is 6.63. The van der Waals surface area contributed by atoms with Crippen molar-refractivity contribution in [3.8, 4) is 0 Å². The van der Waals surface area contributed by atoms with Gasteiger partial charge in [-0.3, -0.25) is 4.79 Å². The summed E-state index contributed by atoms with van der Waals surface area (Å²) in [6.45, 7) is 2.10. The molecular formula is C12H22ClNO. The molecule has 1 aliphatic rings. The molecule has 0 atom stereocenters. The molecule has 88 valence electrons. The van der Waals surface area contributed by atoms with E-state index in [1.54, 1.807) is 0 Å². The van der Waals surface area contributed by atoms with Crippen molar-refractivity contribution in [2.24, 2.45) is 0 Å². The number of hydrogen-bond acceptors (Lipinski definition) is 1. The van der Waals surface area contributed by atoms with Crippen LogP contribution < -0.4 is 5.32 Å². The maximum atomic E-state index is 11.7. The van der Waals surface area contributed by atoms with Crippen molar-refractivity contribution in [1.82, 2.24) is 5.32 Å². The molecule has 0 aromatic heterocycles. The lowest BCUT2D eigenvalue weighted by Crippen LogP contribution is -2.51. The van der Waals surface area contributed by atoms with Crippen molar-refractivity contribution >= 4 is 17.5 Å². The van der Waals surface area contributed by atoms with Gasteiger partial charge < -0.3 is 5.32 Å². The van der Waals surface area contributed by atoms with E-state index in [2.05, 4.69) is 12.2 Å². The van der Waals surface area contributed by atoms with Crippen LogP contribution in [0.25, 0.3) is 0 Å². The van der Waals surface area contributed by atoms with Crippen LogP contribution in [-0.4, -0.2) is 17.3 Å². The highest BCUT2D eigenvalue weighted by Crippen LogP contribution is 2.29. The molecule has 1 amide bonds. The smallest absolute Gasteiger partial charge is 0.220 e. The van der Waals surface area contributed by atoms with Gasteiger partial charge in [-0.25, -0.2) is 0 Å². The molecule has 0 heterocycles. The largest absolute Gasteiger partial charge is 0.349 e. The summed E-state index contributed by atoms with van der Waals surface area (Å²) in [5.41, 5.74) is -0.0926. The molecule has 0 unspecified atom stereocenters. The lowest BCUT2D eigenvalue weighted by Gasteiger charge is -2.36. The molecular weight excluding hydrogens is 210 g/mol. The SMILES string of the molecule is CCCCC(=O)NC1(CCl)CCCCC1. The van der Waals surface area contributed by atoms with Crippen LogP contribution in [0, 0.1) is 0 Å². The van der Waals surface area contributed by atoms with Gasteiger partial charge in [-0.2, -0.15) is 0 Å². The molecule has 1 N–H and O–H groups in total. The van der Waals surface area contributed by atoms with E-state index in [-0.39, 0.29) is 11.4 Å². The molecule has 0 radical (unpaired) electrons. The second kappa shape index (κ2) is 6.37. The van der Waals surface area contributed by atoms with E-state index in [0.717, 1.165) is 25.7 Å². The molecule has 1 rings (SSSR count). The molecule has 15 heavy (non-hydrogen) atoms. The normalized spacial score (nSPS) is 19.9. The van der Waals surface area contributed by atoms with Gasteiger partial charge in [-0.05, 0) is 19.3 Å². The van der Waals surface area contributed by atoms with Crippen LogP contribution in [0.1, 0.15) is 58.3 Å². The Balaban J connectivity index is 2.40. The van der Waals surface area contributed by atoms with E-state index >= 15 is 0 Å². The van der Waals surface area contributed by atoms with Gasteiger partial charge in [-0.1, -0.05) is 32.6 Å². The lowest BCUT2D eigenvalue weighted by atomic mass is 9.83. The Kier molecular flexibility index (Phi) is 5.44. The van der Waals surface area contributed by atoms with Gasteiger partial charge in [0.15, 0.2) is 0 Å². The number of halogens is 1. The van der Waals surface area contributed by atoms with E-state index < -0.39 is 0 Å². The monoisotopic (exact) mass is 231 g/mol. The first-order chi connectivity index (χ1) is 7.22. The molecule has 0 aliphatic heterocycles. The second-order valence-electron chi connectivity index (χ2n) is 4.63. The summed E-state index contributed by atoms with van der Waals surface area (Å²) in [4.78, 5) is 11.7. The van der Waals surface area contributed by atoms with Crippen LogP contribution in [-0.2, 0) is 4.79 Å². The van der Waals surface area contributed by atoms with Gasteiger partial charge in [-0.15, -0.1) is 11.6 Å². The molecule has 1 fully saturated rings. The third-order valence-corrected chi connectivity index (χ3v) is 3.74. The number of hydrogen-bond donors (Lipinski definition) is 1. The van der Waals surface area contributed by atoms with Gasteiger partial charge in [0.1, 0.15) is 0 Å². The van der Waals surface area contributed by atoms with Crippen LogP contribution in [0.2, 0.25) is 0 Å².